The molecule has 0 radical (unpaired) electrons. The SMILES string of the molecule is Nc1ncccc1-c1nc2ccc(-c3ccccc3)nc2n1-c1ccc([C@@H]2CCN(CC3CCC(C(=O)O)CC3)C2)cc1. The van der Waals surface area contributed by atoms with Crippen molar-refractivity contribution in [1.82, 2.24) is 24.4 Å². The minimum atomic E-state index is -0.629. The maximum atomic E-state index is 11.3. The Balaban J connectivity index is 1.16. The zero-order chi connectivity index (χ0) is 29.3. The smallest absolute Gasteiger partial charge is 0.306 e. The first-order valence-corrected chi connectivity index (χ1v) is 15.2. The fourth-order valence-electron chi connectivity index (χ4n) is 6.88. The summed E-state index contributed by atoms with van der Waals surface area (Å²) in [6.07, 6.45) is 6.51. The van der Waals surface area contributed by atoms with Gasteiger partial charge in [0.2, 0.25) is 0 Å². The number of likely N-dealkylation sites (tertiary alicyclic amines) is 1. The Morgan fingerprint density at radius 3 is 2.42 bits per heavy atom. The van der Waals surface area contributed by atoms with Crippen LogP contribution in [0.1, 0.15) is 43.6 Å². The third-order valence-electron chi connectivity index (χ3n) is 9.26. The molecule has 2 aliphatic rings. The second-order valence-corrected chi connectivity index (χ2v) is 12.0. The number of aliphatic carboxylic acids is 1. The number of carboxylic acids is 1. The fourth-order valence-corrected chi connectivity index (χ4v) is 6.88. The van der Waals surface area contributed by atoms with Crippen LogP contribution in [0.2, 0.25) is 0 Å². The number of pyridine rings is 2. The van der Waals surface area contributed by atoms with Gasteiger partial charge < -0.3 is 15.7 Å². The number of nitrogens with two attached hydrogens (primary N) is 1. The van der Waals surface area contributed by atoms with E-state index in [1.54, 1.807) is 6.20 Å². The number of carbonyl (C=O) groups is 1. The number of carboxylic acid groups (broad SMARTS) is 1. The number of anilines is 1. The molecule has 1 aliphatic heterocycles. The number of fused-ring (bicyclic) bond motifs is 1. The van der Waals surface area contributed by atoms with Gasteiger partial charge in [0, 0.05) is 30.5 Å². The third-order valence-corrected chi connectivity index (χ3v) is 9.26. The van der Waals surface area contributed by atoms with Gasteiger partial charge >= 0.3 is 5.97 Å². The molecule has 218 valence electrons. The van der Waals surface area contributed by atoms with E-state index in [4.69, 9.17) is 15.7 Å². The van der Waals surface area contributed by atoms with Crippen molar-refractivity contribution in [2.75, 3.05) is 25.4 Å². The lowest BCUT2D eigenvalue weighted by molar-refractivity contribution is -0.143. The quantitative estimate of drug-likeness (QED) is 0.232. The number of benzene rings is 2. The molecule has 4 heterocycles. The minimum absolute atomic E-state index is 0.149. The molecule has 3 N–H and O–H groups in total. The van der Waals surface area contributed by atoms with Gasteiger partial charge in [-0.05, 0) is 92.4 Å². The van der Waals surface area contributed by atoms with E-state index < -0.39 is 5.97 Å². The standard InChI is InChI=1S/C35H36N6O2/c36-32-29(7-4-19-37-32)33-39-31-17-16-30(25-5-2-1-3-6-25)38-34(31)41(33)28-14-12-24(13-15-28)27-18-20-40(22-27)21-23-8-10-26(11-9-23)35(42)43/h1-7,12-17,19,23,26-27H,8-11,18,20-22H2,(H2,36,37)(H,42,43)/t23?,26?,27-/m1/s1. The van der Waals surface area contributed by atoms with Crippen LogP contribution in [0.3, 0.4) is 0 Å². The topological polar surface area (TPSA) is 110 Å². The molecular formula is C35H36N6O2. The number of imidazole rings is 1. The van der Waals surface area contributed by atoms with Gasteiger partial charge in [0.1, 0.15) is 11.3 Å². The number of hydrogen-bond donors (Lipinski definition) is 2. The summed E-state index contributed by atoms with van der Waals surface area (Å²) in [5.74, 6) is 1.47. The maximum absolute atomic E-state index is 11.3. The van der Waals surface area contributed by atoms with Gasteiger partial charge in [-0.25, -0.2) is 15.0 Å². The van der Waals surface area contributed by atoms with Crippen LogP contribution >= 0.6 is 0 Å². The van der Waals surface area contributed by atoms with Gasteiger partial charge in [-0.2, -0.15) is 0 Å². The molecule has 0 bridgehead atoms. The minimum Gasteiger partial charge on any atom is -0.481 e. The highest BCUT2D eigenvalue weighted by molar-refractivity contribution is 5.84. The highest BCUT2D eigenvalue weighted by Crippen LogP contribution is 2.35. The first-order chi connectivity index (χ1) is 21.0. The summed E-state index contributed by atoms with van der Waals surface area (Å²) in [5, 5.41) is 9.32. The molecule has 0 amide bonds. The zero-order valence-electron chi connectivity index (χ0n) is 24.1. The third kappa shape index (κ3) is 5.50. The van der Waals surface area contributed by atoms with Crippen LogP contribution in [0.5, 0.6) is 0 Å². The van der Waals surface area contributed by atoms with Crippen LogP contribution in [-0.2, 0) is 4.79 Å². The Morgan fingerprint density at radius 2 is 1.67 bits per heavy atom. The van der Waals surface area contributed by atoms with E-state index in [9.17, 15) is 9.90 Å². The molecule has 7 rings (SSSR count). The van der Waals surface area contributed by atoms with Gasteiger partial charge in [-0.1, -0.05) is 42.5 Å². The molecule has 5 aromatic rings. The highest BCUT2D eigenvalue weighted by Gasteiger charge is 2.30. The van der Waals surface area contributed by atoms with Gasteiger partial charge in [-0.15, -0.1) is 0 Å². The van der Waals surface area contributed by atoms with Crippen LogP contribution in [0.15, 0.2) is 85.1 Å². The van der Waals surface area contributed by atoms with E-state index in [-0.39, 0.29) is 5.92 Å². The Kier molecular flexibility index (Phi) is 7.37. The Labute approximate surface area is 251 Å². The second-order valence-electron chi connectivity index (χ2n) is 12.0. The largest absolute Gasteiger partial charge is 0.481 e. The molecule has 3 aromatic heterocycles. The molecule has 8 nitrogen and oxygen atoms in total. The normalized spacial score (nSPS) is 20.9. The second kappa shape index (κ2) is 11.6. The predicted molar refractivity (Wildman–Crippen MR) is 169 cm³/mol. The van der Waals surface area contributed by atoms with Gasteiger partial charge in [0.05, 0.1) is 17.2 Å². The van der Waals surface area contributed by atoms with Crippen molar-refractivity contribution in [1.29, 1.82) is 0 Å². The molecule has 2 fully saturated rings. The van der Waals surface area contributed by atoms with Crippen LogP contribution in [0.25, 0.3) is 39.5 Å². The number of aromatic nitrogens is 4. The molecule has 1 saturated carbocycles. The fraction of sp³-hybridized carbons (Fsp3) is 0.314. The van der Waals surface area contributed by atoms with E-state index >= 15 is 0 Å². The van der Waals surface area contributed by atoms with E-state index in [0.717, 1.165) is 91.2 Å². The summed E-state index contributed by atoms with van der Waals surface area (Å²) < 4.78 is 2.09. The van der Waals surface area contributed by atoms with Crippen molar-refractivity contribution in [3.8, 4) is 28.3 Å². The summed E-state index contributed by atoms with van der Waals surface area (Å²) in [4.78, 5) is 28.3. The lowest BCUT2D eigenvalue weighted by Gasteiger charge is -2.29. The van der Waals surface area contributed by atoms with Crippen LogP contribution in [-0.4, -0.2) is 55.1 Å². The molecule has 1 saturated heterocycles. The average Bonchev–Trinajstić information content (AvgIpc) is 3.66. The number of hydrogen-bond acceptors (Lipinski definition) is 6. The summed E-state index contributed by atoms with van der Waals surface area (Å²) in [6, 6.07) is 26.9. The van der Waals surface area contributed by atoms with Crippen molar-refractivity contribution in [2.45, 2.75) is 38.0 Å². The van der Waals surface area contributed by atoms with E-state index in [0.29, 0.717) is 17.7 Å². The van der Waals surface area contributed by atoms with Crippen molar-refractivity contribution in [3.63, 3.8) is 0 Å². The molecule has 43 heavy (non-hydrogen) atoms. The Hall–Kier alpha value is -4.56. The summed E-state index contributed by atoms with van der Waals surface area (Å²) in [7, 11) is 0. The maximum Gasteiger partial charge on any atom is 0.306 e. The van der Waals surface area contributed by atoms with Crippen LogP contribution < -0.4 is 5.73 Å². The van der Waals surface area contributed by atoms with Crippen molar-refractivity contribution in [3.05, 3.63) is 90.6 Å². The molecule has 0 unspecified atom stereocenters. The van der Waals surface area contributed by atoms with E-state index in [1.807, 2.05) is 42.5 Å². The first-order valence-electron chi connectivity index (χ1n) is 15.2. The Morgan fingerprint density at radius 1 is 0.884 bits per heavy atom. The summed E-state index contributed by atoms with van der Waals surface area (Å²) in [5.41, 5.74) is 12.9. The summed E-state index contributed by atoms with van der Waals surface area (Å²) >= 11 is 0. The van der Waals surface area contributed by atoms with Gasteiger partial charge in [0.15, 0.2) is 11.5 Å². The molecular weight excluding hydrogens is 536 g/mol. The van der Waals surface area contributed by atoms with Crippen LogP contribution in [0, 0.1) is 11.8 Å². The highest BCUT2D eigenvalue weighted by atomic mass is 16.4. The molecule has 1 aliphatic carbocycles. The van der Waals surface area contributed by atoms with Crippen molar-refractivity contribution < 1.29 is 9.90 Å². The van der Waals surface area contributed by atoms with Crippen molar-refractivity contribution in [2.24, 2.45) is 11.8 Å². The summed E-state index contributed by atoms with van der Waals surface area (Å²) in [6.45, 7) is 3.22. The number of nitrogen functional groups attached to an aromatic ring is 1. The number of nitrogens with zero attached hydrogens (tertiary/aromatic N) is 5. The molecule has 0 spiro atoms. The lowest BCUT2D eigenvalue weighted by Crippen LogP contribution is -2.31. The lowest BCUT2D eigenvalue weighted by atomic mass is 9.82. The van der Waals surface area contributed by atoms with E-state index in [2.05, 4.69) is 50.8 Å². The van der Waals surface area contributed by atoms with E-state index in [1.165, 1.54) is 5.56 Å². The monoisotopic (exact) mass is 572 g/mol. The van der Waals surface area contributed by atoms with Gasteiger partial charge in [0.25, 0.3) is 0 Å². The average molecular weight is 573 g/mol. The molecule has 2 aromatic carbocycles. The van der Waals surface area contributed by atoms with Crippen molar-refractivity contribution >= 4 is 23.0 Å². The molecule has 1 atom stereocenters. The molecule has 8 heteroatoms. The number of rotatable bonds is 7. The van der Waals surface area contributed by atoms with Gasteiger partial charge in [-0.3, -0.25) is 9.36 Å². The first kappa shape index (κ1) is 27.3. The predicted octanol–water partition coefficient (Wildman–Crippen LogP) is 6.41. The van der Waals surface area contributed by atoms with Crippen LogP contribution in [0.4, 0.5) is 5.82 Å². The Bertz CT molecular complexity index is 1740. The zero-order valence-corrected chi connectivity index (χ0v) is 24.1.